The Bertz CT molecular complexity index is 562. The van der Waals surface area contributed by atoms with Crippen LogP contribution >= 0.6 is 0 Å². The van der Waals surface area contributed by atoms with Crippen molar-refractivity contribution in [2.75, 3.05) is 0 Å². The average molecular weight is 257 g/mol. The zero-order chi connectivity index (χ0) is 13.1. The van der Waals surface area contributed by atoms with E-state index < -0.39 is 0 Å². The Morgan fingerprint density at radius 3 is 3.05 bits per heavy atom. The lowest BCUT2D eigenvalue weighted by atomic mass is 10.2. The lowest BCUT2D eigenvalue weighted by Crippen LogP contribution is -2.27. The predicted molar refractivity (Wildman–Crippen MR) is 68.1 cm³/mol. The molecule has 0 aliphatic heterocycles. The molecule has 2 heterocycles. The molecule has 1 N–H and O–H groups in total. The largest absolute Gasteiger partial charge is 0.349 e. The SMILES string of the molecule is O=C(Cn1cccn1)NCc1cc(C2CC2)ncn1. The molecule has 6 nitrogen and oxygen atoms in total. The highest BCUT2D eigenvalue weighted by atomic mass is 16.2. The van der Waals surface area contributed by atoms with E-state index in [1.807, 2.05) is 6.07 Å². The second-order valence-corrected chi connectivity index (χ2v) is 4.69. The molecule has 1 saturated carbocycles. The summed E-state index contributed by atoms with van der Waals surface area (Å²) in [7, 11) is 0. The standard InChI is InChI=1S/C13H15N5O/c19-13(8-18-5-1-4-17-18)14-7-11-6-12(10-2-3-10)16-9-15-11/h1,4-6,9-10H,2-3,7-8H2,(H,14,19). The molecule has 6 heteroatoms. The maximum absolute atomic E-state index is 11.7. The van der Waals surface area contributed by atoms with Crippen LogP contribution in [-0.4, -0.2) is 25.7 Å². The third kappa shape index (κ3) is 3.15. The zero-order valence-electron chi connectivity index (χ0n) is 10.5. The lowest BCUT2D eigenvalue weighted by molar-refractivity contribution is -0.122. The Labute approximate surface area is 110 Å². The number of aromatic nitrogens is 4. The molecular weight excluding hydrogens is 242 g/mol. The van der Waals surface area contributed by atoms with Crippen LogP contribution in [0.3, 0.4) is 0 Å². The van der Waals surface area contributed by atoms with E-state index in [1.165, 1.54) is 12.8 Å². The maximum atomic E-state index is 11.7. The van der Waals surface area contributed by atoms with Gasteiger partial charge in [0.05, 0.1) is 12.2 Å². The van der Waals surface area contributed by atoms with Gasteiger partial charge in [-0.2, -0.15) is 5.10 Å². The van der Waals surface area contributed by atoms with E-state index in [0.29, 0.717) is 12.5 Å². The first-order chi connectivity index (χ1) is 9.31. The molecule has 0 aromatic carbocycles. The van der Waals surface area contributed by atoms with Gasteiger partial charge in [-0.1, -0.05) is 0 Å². The molecule has 1 fully saturated rings. The summed E-state index contributed by atoms with van der Waals surface area (Å²) in [6.45, 7) is 0.663. The second kappa shape index (κ2) is 5.17. The van der Waals surface area contributed by atoms with Gasteiger partial charge in [-0.15, -0.1) is 0 Å². The molecule has 0 radical (unpaired) electrons. The van der Waals surface area contributed by atoms with E-state index in [4.69, 9.17) is 0 Å². The van der Waals surface area contributed by atoms with E-state index in [-0.39, 0.29) is 12.5 Å². The van der Waals surface area contributed by atoms with Crippen molar-refractivity contribution in [3.8, 4) is 0 Å². The number of rotatable bonds is 5. The molecule has 98 valence electrons. The van der Waals surface area contributed by atoms with Crippen LogP contribution in [0.25, 0.3) is 0 Å². The van der Waals surface area contributed by atoms with Gasteiger partial charge in [-0.05, 0) is 25.0 Å². The molecule has 3 rings (SSSR count). The number of hydrogen-bond donors (Lipinski definition) is 1. The Kier molecular flexibility index (Phi) is 3.22. The molecule has 1 amide bonds. The van der Waals surface area contributed by atoms with Crippen molar-refractivity contribution < 1.29 is 4.79 Å². The minimum absolute atomic E-state index is 0.0738. The van der Waals surface area contributed by atoms with Gasteiger partial charge in [-0.25, -0.2) is 9.97 Å². The molecule has 2 aromatic heterocycles. The van der Waals surface area contributed by atoms with Crippen LogP contribution in [0.2, 0.25) is 0 Å². The Morgan fingerprint density at radius 2 is 2.32 bits per heavy atom. The third-order valence-electron chi connectivity index (χ3n) is 3.07. The van der Waals surface area contributed by atoms with Gasteiger partial charge in [0.1, 0.15) is 12.9 Å². The summed E-state index contributed by atoms with van der Waals surface area (Å²) in [5.74, 6) is 0.525. The van der Waals surface area contributed by atoms with E-state index in [1.54, 1.807) is 29.5 Å². The van der Waals surface area contributed by atoms with Crippen LogP contribution in [0.1, 0.15) is 30.1 Å². The van der Waals surface area contributed by atoms with Crippen molar-refractivity contribution in [2.45, 2.75) is 31.8 Å². The average Bonchev–Trinajstić information content (AvgIpc) is 3.16. The fraction of sp³-hybridized carbons (Fsp3) is 0.385. The minimum atomic E-state index is -0.0738. The van der Waals surface area contributed by atoms with Crippen molar-refractivity contribution in [2.24, 2.45) is 0 Å². The van der Waals surface area contributed by atoms with E-state index in [9.17, 15) is 4.79 Å². The van der Waals surface area contributed by atoms with Crippen molar-refractivity contribution in [1.29, 1.82) is 0 Å². The molecule has 0 bridgehead atoms. The third-order valence-corrected chi connectivity index (χ3v) is 3.07. The number of nitrogens with zero attached hydrogens (tertiary/aromatic N) is 4. The van der Waals surface area contributed by atoms with Crippen LogP contribution in [0, 0.1) is 0 Å². The summed E-state index contributed by atoms with van der Waals surface area (Å²) >= 11 is 0. The number of carbonyl (C=O) groups excluding carboxylic acids is 1. The van der Waals surface area contributed by atoms with Crippen molar-refractivity contribution in [1.82, 2.24) is 25.1 Å². The van der Waals surface area contributed by atoms with Gasteiger partial charge in [0.25, 0.3) is 0 Å². The van der Waals surface area contributed by atoms with Crippen LogP contribution in [0.5, 0.6) is 0 Å². The van der Waals surface area contributed by atoms with E-state index in [0.717, 1.165) is 11.4 Å². The van der Waals surface area contributed by atoms with Crippen molar-refractivity contribution >= 4 is 5.91 Å². The number of carbonyl (C=O) groups is 1. The lowest BCUT2D eigenvalue weighted by Gasteiger charge is -2.06. The second-order valence-electron chi connectivity index (χ2n) is 4.69. The molecule has 1 aliphatic carbocycles. The van der Waals surface area contributed by atoms with Gasteiger partial charge in [-0.3, -0.25) is 9.48 Å². The fourth-order valence-electron chi connectivity index (χ4n) is 1.90. The maximum Gasteiger partial charge on any atom is 0.242 e. The van der Waals surface area contributed by atoms with Crippen LogP contribution in [0.15, 0.2) is 30.9 Å². The Morgan fingerprint density at radius 1 is 1.42 bits per heavy atom. The number of nitrogens with one attached hydrogen (secondary N) is 1. The normalized spacial score (nSPS) is 14.3. The Hall–Kier alpha value is -2.24. The van der Waals surface area contributed by atoms with E-state index >= 15 is 0 Å². The number of amides is 1. The minimum Gasteiger partial charge on any atom is -0.349 e. The highest BCUT2D eigenvalue weighted by Gasteiger charge is 2.25. The first-order valence-electron chi connectivity index (χ1n) is 6.36. The van der Waals surface area contributed by atoms with Crippen molar-refractivity contribution in [3.05, 3.63) is 42.2 Å². The predicted octanol–water partition coefficient (Wildman–Crippen LogP) is 0.867. The molecule has 1 aliphatic rings. The van der Waals surface area contributed by atoms with Crippen molar-refractivity contribution in [3.63, 3.8) is 0 Å². The van der Waals surface area contributed by atoms with Gasteiger partial charge in [0.15, 0.2) is 0 Å². The van der Waals surface area contributed by atoms with Crippen LogP contribution in [-0.2, 0) is 17.9 Å². The van der Waals surface area contributed by atoms with Gasteiger partial charge in [0, 0.05) is 24.0 Å². The first-order valence-corrected chi connectivity index (χ1v) is 6.36. The first kappa shape index (κ1) is 11.8. The highest BCUT2D eigenvalue weighted by Crippen LogP contribution is 2.38. The molecule has 0 spiro atoms. The summed E-state index contributed by atoms with van der Waals surface area (Å²) in [5.41, 5.74) is 1.94. The van der Waals surface area contributed by atoms with Gasteiger partial charge in [0.2, 0.25) is 5.91 Å². The smallest absolute Gasteiger partial charge is 0.242 e. The molecule has 0 saturated heterocycles. The quantitative estimate of drug-likeness (QED) is 0.862. The molecular formula is C13H15N5O. The summed E-state index contributed by atoms with van der Waals surface area (Å²) in [5, 5.41) is 6.82. The zero-order valence-corrected chi connectivity index (χ0v) is 10.5. The van der Waals surface area contributed by atoms with Crippen LogP contribution < -0.4 is 5.32 Å². The molecule has 19 heavy (non-hydrogen) atoms. The summed E-state index contributed by atoms with van der Waals surface area (Å²) in [6.07, 6.45) is 7.40. The highest BCUT2D eigenvalue weighted by molar-refractivity contribution is 5.75. The van der Waals surface area contributed by atoms with Gasteiger partial charge < -0.3 is 5.32 Å². The fourth-order valence-corrected chi connectivity index (χ4v) is 1.90. The molecule has 0 unspecified atom stereocenters. The monoisotopic (exact) mass is 257 g/mol. The Balaban J connectivity index is 1.53. The summed E-state index contributed by atoms with van der Waals surface area (Å²) in [4.78, 5) is 20.1. The van der Waals surface area contributed by atoms with Gasteiger partial charge >= 0.3 is 0 Å². The van der Waals surface area contributed by atoms with E-state index in [2.05, 4.69) is 20.4 Å². The van der Waals surface area contributed by atoms with Crippen LogP contribution in [0.4, 0.5) is 0 Å². The summed E-state index contributed by atoms with van der Waals surface area (Å²) in [6, 6.07) is 3.77. The molecule has 2 aromatic rings. The number of hydrogen-bond acceptors (Lipinski definition) is 4. The topological polar surface area (TPSA) is 72.7 Å². The summed E-state index contributed by atoms with van der Waals surface area (Å²) < 4.78 is 1.59. The molecule has 0 atom stereocenters.